The standard InChI is InChI=1S/C40H79N3O6/c1-3-5-6-7-8-9-10-11-12-13-14-15-16-17-18-19-20-21-22-23-24-27-30-41-40(49)43-35(37(46)31-33(44)4-2)32-42-34-28-25-26-29-36(45)39(48)38(34)47/h25,28,33-39,42,44-48H,3-24,26-27,29-32H2,1-2H3,(H2,41,43,49). The monoisotopic (exact) mass is 698 g/mol. The molecule has 1 rings (SSSR count). The maximum absolute atomic E-state index is 12.7. The predicted molar refractivity (Wildman–Crippen MR) is 203 cm³/mol. The van der Waals surface area contributed by atoms with E-state index in [1.54, 1.807) is 6.08 Å². The molecule has 290 valence electrons. The van der Waals surface area contributed by atoms with Crippen LogP contribution in [0.2, 0.25) is 0 Å². The Kier molecular flexibility index (Phi) is 29.4. The van der Waals surface area contributed by atoms with Gasteiger partial charge in [0.15, 0.2) is 0 Å². The lowest BCUT2D eigenvalue weighted by Crippen LogP contribution is -2.57. The van der Waals surface area contributed by atoms with E-state index in [1.165, 1.54) is 128 Å². The van der Waals surface area contributed by atoms with E-state index in [2.05, 4.69) is 22.9 Å². The van der Waals surface area contributed by atoms with Crippen molar-refractivity contribution in [2.75, 3.05) is 13.1 Å². The molecule has 9 heteroatoms. The number of carbonyl (C=O) groups excluding carboxylic acids is 1. The second-order valence-electron chi connectivity index (χ2n) is 14.8. The molecular formula is C40H79N3O6. The molecule has 0 bridgehead atoms. The highest BCUT2D eigenvalue weighted by atomic mass is 16.4. The zero-order valence-corrected chi connectivity index (χ0v) is 31.6. The number of hydrogen-bond donors (Lipinski definition) is 8. The van der Waals surface area contributed by atoms with Crippen molar-refractivity contribution in [1.82, 2.24) is 16.0 Å². The van der Waals surface area contributed by atoms with Crippen LogP contribution in [-0.2, 0) is 0 Å². The van der Waals surface area contributed by atoms with Gasteiger partial charge in [0.05, 0.1) is 30.4 Å². The summed E-state index contributed by atoms with van der Waals surface area (Å²) >= 11 is 0. The summed E-state index contributed by atoms with van der Waals surface area (Å²) in [6.07, 6.45) is 29.3. The maximum atomic E-state index is 12.7. The van der Waals surface area contributed by atoms with Gasteiger partial charge in [-0.05, 0) is 25.7 Å². The van der Waals surface area contributed by atoms with Crippen LogP contribution in [0.1, 0.15) is 181 Å². The van der Waals surface area contributed by atoms with E-state index in [1.807, 2.05) is 13.0 Å². The molecular weight excluding hydrogens is 618 g/mol. The number of unbranched alkanes of at least 4 members (excludes halogenated alkanes) is 21. The second kappa shape index (κ2) is 31.5. The van der Waals surface area contributed by atoms with Gasteiger partial charge >= 0.3 is 6.03 Å². The van der Waals surface area contributed by atoms with Gasteiger partial charge in [-0.15, -0.1) is 0 Å². The van der Waals surface area contributed by atoms with Gasteiger partial charge in [-0.1, -0.05) is 161 Å². The minimum Gasteiger partial charge on any atom is -0.393 e. The first kappa shape index (κ1) is 45.8. The molecule has 0 radical (unpaired) electrons. The number of nitrogens with one attached hydrogen (secondary N) is 3. The molecule has 0 aromatic heterocycles. The molecule has 0 spiro atoms. The number of rotatable bonds is 31. The maximum Gasteiger partial charge on any atom is 0.315 e. The summed E-state index contributed by atoms with van der Waals surface area (Å²) in [5.41, 5.74) is 0. The Bertz CT molecular complexity index is 787. The topological polar surface area (TPSA) is 154 Å². The van der Waals surface area contributed by atoms with Gasteiger partial charge in [0.2, 0.25) is 0 Å². The van der Waals surface area contributed by atoms with Crippen molar-refractivity contribution in [3.05, 3.63) is 12.2 Å². The molecule has 1 aliphatic rings. The lowest BCUT2D eigenvalue weighted by Gasteiger charge is -2.32. The molecule has 49 heavy (non-hydrogen) atoms. The second-order valence-corrected chi connectivity index (χ2v) is 14.8. The summed E-state index contributed by atoms with van der Waals surface area (Å²) in [5.74, 6) is 0. The SMILES string of the molecule is CCCCCCCCCCCCCCCCCCCCCCCCNC(=O)NC(CNC1C=CCCC(O)C(O)C1O)C(O)CC(O)CC. The van der Waals surface area contributed by atoms with Crippen LogP contribution >= 0.6 is 0 Å². The predicted octanol–water partition coefficient (Wildman–Crippen LogP) is 7.17. The molecule has 0 heterocycles. The molecule has 0 aromatic carbocycles. The van der Waals surface area contributed by atoms with E-state index < -0.39 is 42.6 Å². The largest absolute Gasteiger partial charge is 0.393 e. The molecule has 0 aromatic rings. The number of carbonyl (C=O) groups is 1. The molecule has 8 N–H and O–H groups in total. The van der Waals surface area contributed by atoms with Crippen molar-refractivity contribution in [3.8, 4) is 0 Å². The highest BCUT2D eigenvalue weighted by Gasteiger charge is 2.32. The van der Waals surface area contributed by atoms with Gasteiger partial charge in [0.1, 0.15) is 12.2 Å². The number of aliphatic hydroxyl groups excluding tert-OH is 5. The average molecular weight is 698 g/mol. The van der Waals surface area contributed by atoms with Crippen LogP contribution in [0.3, 0.4) is 0 Å². The van der Waals surface area contributed by atoms with Gasteiger partial charge < -0.3 is 41.5 Å². The molecule has 0 fully saturated rings. The number of amides is 2. The first-order chi connectivity index (χ1) is 23.8. The van der Waals surface area contributed by atoms with Crippen molar-refractivity contribution in [1.29, 1.82) is 0 Å². The summed E-state index contributed by atoms with van der Waals surface area (Å²) in [5, 5.41) is 60.5. The summed E-state index contributed by atoms with van der Waals surface area (Å²) in [6.45, 7) is 4.77. The van der Waals surface area contributed by atoms with E-state index in [0.717, 1.165) is 12.8 Å². The molecule has 7 unspecified atom stereocenters. The molecule has 2 amide bonds. The highest BCUT2D eigenvalue weighted by molar-refractivity contribution is 5.74. The van der Waals surface area contributed by atoms with Crippen molar-refractivity contribution in [3.63, 3.8) is 0 Å². The molecule has 9 nitrogen and oxygen atoms in total. The van der Waals surface area contributed by atoms with Gasteiger partial charge in [-0.3, -0.25) is 0 Å². The molecule has 0 saturated carbocycles. The van der Waals surface area contributed by atoms with Crippen LogP contribution in [0.5, 0.6) is 0 Å². The minimum absolute atomic E-state index is 0.104. The third-order valence-electron chi connectivity index (χ3n) is 10.2. The smallest absolute Gasteiger partial charge is 0.315 e. The van der Waals surface area contributed by atoms with Crippen molar-refractivity contribution >= 4 is 6.03 Å². The minimum atomic E-state index is -1.30. The fraction of sp³-hybridized carbons (Fsp3) is 0.925. The fourth-order valence-corrected chi connectivity index (χ4v) is 6.73. The van der Waals surface area contributed by atoms with Crippen LogP contribution < -0.4 is 16.0 Å². The van der Waals surface area contributed by atoms with Crippen LogP contribution in [0.4, 0.5) is 4.79 Å². The van der Waals surface area contributed by atoms with Crippen molar-refractivity contribution in [2.24, 2.45) is 0 Å². The Morgan fingerprint density at radius 2 is 1.16 bits per heavy atom. The number of aliphatic hydroxyl groups is 5. The molecule has 1 aliphatic carbocycles. The van der Waals surface area contributed by atoms with Crippen LogP contribution in [0.15, 0.2) is 12.2 Å². The molecule has 7 atom stereocenters. The highest BCUT2D eigenvalue weighted by Crippen LogP contribution is 2.17. The van der Waals surface area contributed by atoms with Gasteiger partial charge in [0, 0.05) is 19.5 Å². The summed E-state index contributed by atoms with van der Waals surface area (Å²) < 4.78 is 0. The van der Waals surface area contributed by atoms with Gasteiger partial charge in [-0.2, -0.15) is 0 Å². The molecule has 0 aliphatic heterocycles. The summed E-state index contributed by atoms with van der Waals surface area (Å²) in [7, 11) is 0. The van der Waals surface area contributed by atoms with Gasteiger partial charge in [-0.25, -0.2) is 4.79 Å². The average Bonchev–Trinajstić information content (AvgIpc) is 3.09. The Labute approximate surface area is 300 Å². The number of hydrogen-bond acceptors (Lipinski definition) is 7. The van der Waals surface area contributed by atoms with Crippen LogP contribution in [0, 0.1) is 0 Å². The first-order valence-electron chi connectivity index (χ1n) is 20.6. The summed E-state index contributed by atoms with van der Waals surface area (Å²) in [6, 6.07) is -1.77. The lowest BCUT2D eigenvalue weighted by atomic mass is 9.94. The normalized spacial score (nSPS) is 21.5. The Balaban J connectivity index is 2.10. The molecule has 0 saturated heterocycles. The van der Waals surface area contributed by atoms with E-state index in [9.17, 15) is 30.3 Å². The third-order valence-corrected chi connectivity index (χ3v) is 10.2. The Hall–Kier alpha value is -1.23. The Morgan fingerprint density at radius 3 is 1.63 bits per heavy atom. The van der Waals surface area contributed by atoms with Crippen LogP contribution in [0.25, 0.3) is 0 Å². The zero-order valence-electron chi connectivity index (χ0n) is 31.6. The van der Waals surface area contributed by atoms with Crippen LogP contribution in [-0.4, -0.2) is 87.3 Å². The number of allylic oxidation sites excluding steroid dienone is 1. The quantitative estimate of drug-likeness (QED) is 0.0282. The van der Waals surface area contributed by atoms with Gasteiger partial charge in [0.25, 0.3) is 0 Å². The van der Waals surface area contributed by atoms with E-state index in [-0.39, 0.29) is 19.0 Å². The zero-order chi connectivity index (χ0) is 36.0. The summed E-state index contributed by atoms with van der Waals surface area (Å²) in [4.78, 5) is 12.7. The lowest BCUT2D eigenvalue weighted by molar-refractivity contribution is -0.0703. The van der Waals surface area contributed by atoms with E-state index in [4.69, 9.17) is 0 Å². The first-order valence-corrected chi connectivity index (χ1v) is 20.6. The van der Waals surface area contributed by atoms with E-state index >= 15 is 0 Å². The number of urea groups is 1. The van der Waals surface area contributed by atoms with Crippen molar-refractivity contribution in [2.45, 2.75) is 223 Å². The van der Waals surface area contributed by atoms with E-state index in [0.29, 0.717) is 25.8 Å². The fourth-order valence-electron chi connectivity index (χ4n) is 6.73. The van der Waals surface area contributed by atoms with Crippen molar-refractivity contribution < 1.29 is 30.3 Å². The Morgan fingerprint density at radius 1 is 0.694 bits per heavy atom. The third kappa shape index (κ3) is 24.6.